The average molecular weight is 432 g/mol. The first-order valence-electron chi connectivity index (χ1n) is 8.52. The van der Waals surface area contributed by atoms with Crippen LogP contribution in [0.25, 0.3) is 11.0 Å². The van der Waals surface area contributed by atoms with Gasteiger partial charge in [0.05, 0.1) is 10.3 Å². The molecule has 4 rings (SSSR count). The number of nitrogens with one attached hydrogen (secondary N) is 1. The van der Waals surface area contributed by atoms with Crippen molar-refractivity contribution in [1.82, 2.24) is 18.9 Å². The van der Waals surface area contributed by atoms with Crippen LogP contribution >= 0.6 is 11.6 Å². The minimum atomic E-state index is -3.91. The summed E-state index contributed by atoms with van der Waals surface area (Å²) in [5.74, 6) is -0.409. The van der Waals surface area contributed by atoms with Gasteiger partial charge in [-0.15, -0.1) is 0 Å². The second-order valence-electron chi connectivity index (χ2n) is 6.44. The van der Waals surface area contributed by atoms with Crippen molar-refractivity contribution >= 4 is 44.2 Å². The van der Waals surface area contributed by atoms with E-state index in [0.717, 1.165) is 9.54 Å². The number of aryl methyl sites for hydroxylation is 2. The molecule has 3 aromatic heterocycles. The van der Waals surface area contributed by atoms with Gasteiger partial charge in [-0.2, -0.15) is 14.4 Å². The maximum absolute atomic E-state index is 13.4. The Labute approximate surface area is 171 Å². The van der Waals surface area contributed by atoms with Gasteiger partial charge in [0.1, 0.15) is 5.82 Å². The summed E-state index contributed by atoms with van der Waals surface area (Å²) in [4.78, 5) is 11.9. The normalized spacial score (nSPS) is 11.7. The van der Waals surface area contributed by atoms with E-state index in [1.807, 2.05) is 6.92 Å². The molecule has 1 aromatic carbocycles. The predicted octanol–water partition coefficient (Wildman–Crippen LogP) is 4.22. The van der Waals surface area contributed by atoms with Crippen LogP contribution in [0.4, 0.5) is 15.9 Å². The molecule has 0 bridgehead atoms. The Hall–Kier alpha value is -3.04. The Morgan fingerprint density at radius 2 is 1.79 bits per heavy atom. The summed E-state index contributed by atoms with van der Waals surface area (Å²) in [6.45, 7) is 3.52. The lowest BCUT2D eigenvalue weighted by Gasteiger charge is -2.11. The lowest BCUT2D eigenvalue weighted by atomic mass is 10.2. The van der Waals surface area contributed by atoms with Crippen LogP contribution in [-0.2, 0) is 10.0 Å². The molecule has 0 spiro atoms. The Morgan fingerprint density at radius 1 is 1.07 bits per heavy atom. The zero-order chi connectivity index (χ0) is 20.8. The number of rotatable bonds is 4. The summed E-state index contributed by atoms with van der Waals surface area (Å²) >= 11 is 6.06. The molecule has 0 atom stereocenters. The summed E-state index contributed by atoms with van der Waals surface area (Å²) in [5, 5.41) is 3.23. The van der Waals surface area contributed by atoms with E-state index in [1.165, 1.54) is 24.4 Å². The van der Waals surface area contributed by atoms with E-state index in [4.69, 9.17) is 11.6 Å². The number of hydrogen-bond donors (Lipinski definition) is 1. The van der Waals surface area contributed by atoms with Crippen LogP contribution in [0.2, 0.25) is 5.28 Å². The van der Waals surface area contributed by atoms with E-state index in [1.54, 1.807) is 31.2 Å². The SMILES string of the molecule is Cc1ccc(S(=O)(=O)n2c(C)cc3c(Nc4ccnc(F)c4)nc(Cl)nc32)cc1. The van der Waals surface area contributed by atoms with Crippen LogP contribution in [0, 0.1) is 19.8 Å². The fourth-order valence-corrected chi connectivity index (χ4v) is 4.64. The lowest BCUT2D eigenvalue weighted by Crippen LogP contribution is -2.15. The average Bonchev–Trinajstić information content (AvgIpc) is 2.99. The van der Waals surface area contributed by atoms with E-state index in [0.29, 0.717) is 16.8 Å². The number of hydrogen-bond acceptors (Lipinski definition) is 6. The molecule has 7 nitrogen and oxygen atoms in total. The third-order valence-electron chi connectivity index (χ3n) is 4.31. The van der Waals surface area contributed by atoms with Crippen molar-refractivity contribution in [2.24, 2.45) is 0 Å². The number of halogens is 2. The van der Waals surface area contributed by atoms with Crippen LogP contribution in [0.5, 0.6) is 0 Å². The quantitative estimate of drug-likeness (QED) is 0.384. The van der Waals surface area contributed by atoms with Crippen molar-refractivity contribution < 1.29 is 12.8 Å². The van der Waals surface area contributed by atoms with Gasteiger partial charge in [0.2, 0.25) is 11.2 Å². The van der Waals surface area contributed by atoms with Crippen LogP contribution in [-0.4, -0.2) is 27.3 Å². The smallest absolute Gasteiger partial charge is 0.269 e. The summed E-state index contributed by atoms with van der Waals surface area (Å²) < 4.78 is 41.0. The molecule has 3 heterocycles. The number of nitrogens with zero attached hydrogens (tertiary/aromatic N) is 4. The van der Waals surface area contributed by atoms with Gasteiger partial charge in [0.15, 0.2) is 5.65 Å². The Kier molecular flexibility index (Phi) is 4.71. The van der Waals surface area contributed by atoms with Crippen molar-refractivity contribution in [2.45, 2.75) is 18.7 Å². The van der Waals surface area contributed by atoms with Crippen molar-refractivity contribution in [3.8, 4) is 0 Å². The highest BCUT2D eigenvalue weighted by molar-refractivity contribution is 7.90. The predicted molar refractivity (Wildman–Crippen MR) is 109 cm³/mol. The molecule has 0 amide bonds. The standard InChI is InChI=1S/C19H15ClFN5O2S/c1-11-3-5-14(6-4-11)29(27,28)26-12(2)9-15-17(24-19(20)25-18(15)26)23-13-7-8-22-16(21)10-13/h3-10H,1-2H3,(H,22,23,24,25). The van der Waals surface area contributed by atoms with Crippen LogP contribution in [0.15, 0.2) is 53.6 Å². The van der Waals surface area contributed by atoms with Gasteiger partial charge >= 0.3 is 0 Å². The Bertz CT molecular complexity index is 1340. The minimum absolute atomic E-state index is 0.125. The van der Waals surface area contributed by atoms with Crippen LogP contribution < -0.4 is 5.32 Å². The first-order valence-corrected chi connectivity index (χ1v) is 10.3. The van der Waals surface area contributed by atoms with Gasteiger partial charge in [-0.3, -0.25) is 0 Å². The summed E-state index contributed by atoms with van der Waals surface area (Å²) in [7, 11) is -3.91. The highest BCUT2D eigenvalue weighted by Gasteiger charge is 2.24. The minimum Gasteiger partial charge on any atom is -0.339 e. The second kappa shape index (κ2) is 7.09. The molecule has 0 aliphatic rings. The molecule has 0 radical (unpaired) electrons. The van der Waals surface area contributed by atoms with Gasteiger partial charge in [-0.25, -0.2) is 17.4 Å². The van der Waals surface area contributed by atoms with Crippen LogP contribution in [0.3, 0.4) is 0 Å². The van der Waals surface area contributed by atoms with Gasteiger partial charge in [0.25, 0.3) is 10.0 Å². The topological polar surface area (TPSA) is 89.8 Å². The van der Waals surface area contributed by atoms with Gasteiger partial charge in [0, 0.05) is 23.6 Å². The monoisotopic (exact) mass is 431 g/mol. The molecule has 0 aliphatic heterocycles. The van der Waals surface area contributed by atoms with E-state index >= 15 is 0 Å². The van der Waals surface area contributed by atoms with Gasteiger partial charge in [-0.05, 0) is 49.7 Å². The molecule has 0 unspecified atom stereocenters. The number of pyridine rings is 1. The van der Waals surface area contributed by atoms with E-state index < -0.39 is 16.0 Å². The lowest BCUT2D eigenvalue weighted by molar-refractivity contribution is 0.584. The zero-order valence-electron chi connectivity index (χ0n) is 15.4. The maximum Gasteiger partial charge on any atom is 0.269 e. The second-order valence-corrected chi connectivity index (χ2v) is 8.56. The van der Waals surface area contributed by atoms with Crippen molar-refractivity contribution in [3.63, 3.8) is 0 Å². The molecular formula is C19H15ClFN5O2S. The van der Waals surface area contributed by atoms with Crippen molar-refractivity contribution in [1.29, 1.82) is 0 Å². The first kappa shape index (κ1) is 19.3. The fraction of sp³-hybridized carbons (Fsp3) is 0.105. The molecule has 29 heavy (non-hydrogen) atoms. The summed E-state index contributed by atoms with van der Waals surface area (Å²) in [6, 6.07) is 10.9. The molecule has 0 saturated heterocycles. The molecule has 0 saturated carbocycles. The summed E-state index contributed by atoms with van der Waals surface area (Å²) in [6.07, 6.45) is 1.30. The number of aromatic nitrogens is 4. The Balaban J connectivity index is 1.90. The first-order chi connectivity index (χ1) is 13.8. The number of anilines is 2. The molecular weight excluding hydrogens is 417 g/mol. The van der Waals surface area contributed by atoms with Gasteiger partial charge < -0.3 is 5.32 Å². The zero-order valence-corrected chi connectivity index (χ0v) is 17.0. The van der Waals surface area contributed by atoms with E-state index in [2.05, 4.69) is 20.3 Å². The third kappa shape index (κ3) is 3.54. The van der Waals surface area contributed by atoms with Crippen molar-refractivity contribution in [3.05, 3.63) is 71.2 Å². The fourth-order valence-electron chi connectivity index (χ4n) is 2.98. The maximum atomic E-state index is 13.4. The van der Waals surface area contributed by atoms with E-state index in [-0.39, 0.29) is 21.6 Å². The molecule has 1 N–H and O–H groups in total. The number of fused-ring (bicyclic) bond motifs is 1. The highest BCUT2D eigenvalue weighted by atomic mass is 35.5. The highest BCUT2D eigenvalue weighted by Crippen LogP contribution is 2.31. The largest absolute Gasteiger partial charge is 0.339 e. The van der Waals surface area contributed by atoms with E-state index in [9.17, 15) is 12.8 Å². The third-order valence-corrected chi connectivity index (χ3v) is 6.29. The van der Waals surface area contributed by atoms with Crippen molar-refractivity contribution in [2.75, 3.05) is 5.32 Å². The summed E-state index contributed by atoms with van der Waals surface area (Å²) in [5.41, 5.74) is 1.89. The number of benzene rings is 1. The Morgan fingerprint density at radius 3 is 2.48 bits per heavy atom. The molecule has 10 heteroatoms. The molecule has 148 valence electrons. The molecule has 4 aromatic rings. The molecule has 0 aliphatic carbocycles. The van der Waals surface area contributed by atoms with Crippen LogP contribution in [0.1, 0.15) is 11.3 Å². The van der Waals surface area contributed by atoms with Gasteiger partial charge in [-0.1, -0.05) is 17.7 Å². The molecule has 0 fully saturated rings.